The van der Waals surface area contributed by atoms with E-state index in [-0.39, 0.29) is 29.7 Å². The third-order valence-electron chi connectivity index (χ3n) is 3.93. The summed E-state index contributed by atoms with van der Waals surface area (Å²) in [6, 6.07) is 0.110. The van der Waals surface area contributed by atoms with Crippen LogP contribution in [0, 0.1) is 0 Å². The molecule has 0 aromatic heterocycles. The molecule has 0 aromatic rings. The van der Waals surface area contributed by atoms with Crippen LogP contribution in [0.3, 0.4) is 0 Å². The van der Waals surface area contributed by atoms with Crippen molar-refractivity contribution >= 4 is 9.84 Å². The molecule has 1 rings (SSSR count). The van der Waals surface area contributed by atoms with Gasteiger partial charge in [-0.05, 0) is 40.3 Å². The van der Waals surface area contributed by atoms with E-state index in [1.54, 1.807) is 0 Å². The second-order valence-corrected chi connectivity index (χ2v) is 7.80. The molecule has 1 saturated heterocycles. The fourth-order valence-corrected chi connectivity index (χ4v) is 3.95. The van der Waals surface area contributed by atoms with Crippen molar-refractivity contribution in [2.75, 3.05) is 38.2 Å². The van der Waals surface area contributed by atoms with E-state index < -0.39 is 9.84 Å². The molecule has 0 amide bonds. The summed E-state index contributed by atoms with van der Waals surface area (Å²) in [6.45, 7) is 5.62. The van der Waals surface area contributed by atoms with Gasteiger partial charge < -0.3 is 10.4 Å². The fraction of sp³-hybridized carbons (Fsp3) is 1.00. The molecule has 1 fully saturated rings. The van der Waals surface area contributed by atoms with Crippen LogP contribution in [0.1, 0.15) is 26.7 Å². The highest BCUT2D eigenvalue weighted by molar-refractivity contribution is 7.91. The number of hydrogen-bond acceptors (Lipinski definition) is 5. The van der Waals surface area contributed by atoms with Crippen molar-refractivity contribution in [1.82, 2.24) is 10.2 Å². The topological polar surface area (TPSA) is 69.6 Å². The number of likely N-dealkylation sites (N-methyl/N-ethyl adjacent to an activating group) is 1. The summed E-state index contributed by atoms with van der Waals surface area (Å²) in [5.74, 6) is 0.553. The number of aliphatic hydroxyl groups is 1. The Kier molecular flexibility index (Phi) is 5.58. The van der Waals surface area contributed by atoms with Crippen molar-refractivity contribution in [2.45, 2.75) is 38.3 Å². The predicted molar refractivity (Wildman–Crippen MR) is 73.5 cm³/mol. The highest BCUT2D eigenvalue weighted by Gasteiger charge is 2.28. The average Bonchev–Trinajstić information content (AvgIpc) is 2.31. The fourth-order valence-electron chi connectivity index (χ4n) is 2.32. The van der Waals surface area contributed by atoms with Gasteiger partial charge in [0, 0.05) is 18.1 Å². The van der Waals surface area contributed by atoms with Gasteiger partial charge in [0.15, 0.2) is 9.84 Å². The van der Waals surface area contributed by atoms with Gasteiger partial charge >= 0.3 is 0 Å². The molecule has 1 aliphatic heterocycles. The maximum atomic E-state index is 11.5. The van der Waals surface area contributed by atoms with Gasteiger partial charge in [0.05, 0.1) is 18.1 Å². The number of hydrogen-bond donors (Lipinski definition) is 2. The smallest absolute Gasteiger partial charge is 0.153 e. The molecule has 18 heavy (non-hydrogen) atoms. The van der Waals surface area contributed by atoms with E-state index in [1.165, 1.54) is 0 Å². The van der Waals surface area contributed by atoms with Crippen LogP contribution in [-0.2, 0) is 9.84 Å². The summed E-state index contributed by atoms with van der Waals surface area (Å²) < 4.78 is 22.9. The molecule has 0 aromatic carbocycles. The molecule has 0 bridgehead atoms. The summed E-state index contributed by atoms with van der Waals surface area (Å²) in [5.41, 5.74) is -0.231. The molecule has 108 valence electrons. The highest BCUT2D eigenvalue weighted by Crippen LogP contribution is 2.15. The molecule has 0 saturated carbocycles. The quantitative estimate of drug-likeness (QED) is 0.707. The lowest BCUT2D eigenvalue weighted by Crippen LogP contribution is -2.48. The monoisotopic (exact) mass is 278 g/mol. The number of aliphatic hydroxyl groups excluding tert-OH is 1. The molecule has 2 N–H and O–H groups in total. The van der Waals surface area contributed by atoms with E-state index in [9.17, 15) is 13.5 Å². The SMILES string of the molecule is CNC(C)(CO)CCCN1CCS(=O)(=O)CC1C. The third kappa shape index (κ3) is 4.50. The van der Waals surface area contributed by atoms with E-state index in [0.29, 0.717) is 6.54 Å². The molecule has 0 radical (unpaired) electrons. The Bertz CT molecular complexity index is 352. The first-order chi connectivity index (χ1) is 8.32. The second kappa shape index (κ2) is 6.32. The minimum Gasteiger partial charge on any atom is -0.394 e. The molecule has 0 aliphatic carbocycles. The van der Waals surface area contributed by atoms with Crippen LogP contribution in [-0.4, -0.2) is 68.3 Å². The maximum Gasteiger partial charge on any atom is 0.153 e. The zero-order valence-corrected chi connectivity index (χ0v) is 12.5. The number of rotatable bonds is 6. The minimum atomic E-state index is -2.82. The first-order valence-electron chi connectivity index (χ1n) is 6.56. The molecule has 2 unspecified atom stereocenters. The van der Waals surface area contributed by atoms with Crippen molar-refractivity contribution in [1.29, 1.82) is 0 Å². The van der Waals surface area contributed by atoms with Crippen molar-refractivity contribution < 1.29 is 13.5 Å². The van der Waals surface area contributed by atoms with Crippen molar-refractivity contribution in [3.05, 3.63) is 0 Å². The van der Waals surface area contributed by atoms with Gasteiger partial charge in [0.2, 0.25) is 0 Å². The lowest BCUT2D eigenvalue weighted by molar-refractivity contribution is 0.158. The largest absolute Gasteiger partial charge is 0.394 e. The number of sulfone groups is 1. The summed E-state index contributed by atoms with van der Waals surface area (Å²) in [4.78, 5) is 2.23. The molecule has 2 atom stereocenters. The van der Waals surface area contributed by atoms with Crippen LogP contribution >= 0.6 is 0 Å². The van der Waals surface area contributed by atoms with Crippen LogP contribution < -0.4 is 5.32 Å². The van der Waals surface area contributed by atoms with Gasteiger partial charge in [-0.2, -0.15) is 0 Å². The van der Waals surface area contributed by atoms with E-state index in [2.05, 4.69) is 10.2 Å². The Balaban J connectivity index is 2.37. The van der Waals surface area contributed by atoms with Crippen molar-refractivity contribution in [3.63, 3.8) is 0 Å². The summed E-state index contributed by atoms with van der Waals surface area (Å²) >= 11 is 0. The van der Waals surface area contributed by atoms with Crippen LogP contribution in [0.5, 0.6) is 0 Å². The van der Waals surface area contributed by atoms with Gasteiger partial charge in [-0.1, -0.05) is 0 Å². The summed E-state index contributed by atoms with van der Waals surface area (Å²) in [7, 11) is -0.968. The first kappa shape index (κ1) is 15.9. The van der Waals surface area contributed by atoms with Gasteiger partial charge in [0.25, 0.3) is 0 Å². The molecule has 0 spiro atoms. The lowest BCUT2D eigenvalue weighted by atomic mass is 9.97. The van der Waals surface area contributed by atoms with Crippen LogP contribution in [0.15, 0.2) is 0 Å². The van der Waals surface area contributed by atoms with E-state index >= 15 is 0 Å². The van der Waals surface area contributed by atoms with Crippen molar-refractivity contribution in [3.8, 4) is 0 Å². The molecule has 1 heterocycles. The van der Waals surface area contributed by atoms with Gasteiger partial charge in [-0.3, -0.25) is 4.90 Å². The summed E-state index contributed by atoms with van der Waals surface area (Å²) in [6.07, 6.45) is 1.85. The van der Waals surface area contributed by atoms with Crippen molar-refractivity contribution in [2.24, 2.45) is 0 Å². The van der Waals surface area contributed by atoms with Crippen LogP contribution in [0.2, 0.25) is 0 Å². The van der Waals surface area contributed by atoms with E-state index in [4.69, 9.17) is 0 Å². The predicted octanol–water partition coefficient (Wildman–Crippen LogP) is -0.144. The summed E-state index contributed by atoms with van der Waals surface area (Å²) in [5, 5.41) is 12.4. The van der Waals surface area contributed by atoms with E-state index in [1.807, 2.05) is 20.9 Å². The molecule has 5 nitrogen and oxygen atoms in total. The van der Waals surface area contributed by atoms with Crippen LogP contribution in [0.25, 0.3) is 0 Å². The Morgan fingerprint density at radius 2 is 2.17 bits per heavy atom. The Hall–Kier alpha value is -0.170. The number of nitrogens with one attached hydrogen (secondary N) is 1. The van der Waals surface area contributed by atoms with Gasteiger partial charge in [-0.15, -0.1) is 0 Å². The molecular formula is C12H26N2O3S. The first-order valence-corrected chi connectivity index (χ1v) is 8.38. The highest BCUT2D eigenvalue weighted by atomic mass is 32.2. The Morgan fingerprint density at radius 1 is 1.50 bits per heavy atom. The maximum absolute atomic E-state index is 11.5. The minimum absolute atomic E-state index is 0.110. The zero-order valence-electron chi connectivity index (χ0n) is 11.6. The Morgan fingerprint density at radius 3 is 2.67 bits per heavy atom. The normalized spacial score (nSPS) is 27.9. The average molecular weight is 278 g/mol. The lowest BCUT2D eigenvalue weighted by Gasteiger charge is -2.34. The molecular weight excluding hydrogens is 252 g/mol. The van der Waals surface area contributed by atoms with Crippen LogP contribution in [0.4, 0.5) is 0 Å². The van der Waals surface area contributed by atoms with Gasteiger partial charge in [0.1, 0.15) is 0 Å². The Labute approximate surface area is 110 Å². The van der Waals surface area contributed by atoms with Gasteiger partial charge in [-0.25, -0.2) is 8.42 Å². The number of nitrogens with zero attached hydrogens (tertiary/aromatic N) is 1. The zero-order chi connectivity index (χ0) is 13.8. The third-order valence-corrected chi connectivity index (χ3v) is 5.73. The molecule has 1 aliphatic rings. The van der Waals surface area contributed by atoms with E-state index in [0.717, 1.165) is 19.4 Å². The standard InChI is InChI=1S/C12H26N2O3S/c1-11-9-18(16,17)8-7-14(11)6-4-5-12(2,10-15)13-3/h11,13,15H,4-10H2,1-3H3. The molecule has 6 heteroatoms. The second-order valence-electron chi connectivity index (χ2n) is 5.57.